The molecule has 0 aromatic carbocycles. The summed E-state index contributed by atoms with van der Waals surface area (Å²) in [7, 11) is 0. The summed E-state index contributed by atoms with van der Waals surface area (Å²) in [6.07, 6.45) is 12.9. The van der Waals surface area contributed by atoms with Crippen LogP contribution in [0, 0.1) is 40.4 Å². The highest BCUT2D eigenvalue weighted by atomic mass is 16.5. The second kappa shape index (κ2) is 9.51. The van der Waals surface area contributed by atoms with Crippen molar-refractivity contribution in [1.82, 2.24) is 0 Å². The quantitative estimate of drug-likeness (QED) is 0.299. The van der Waals surface area contributed by atoms with Crippen molar-refractivity contribution in [1.29, 1.82) is 0 Å². The first-order valence-electron chi connectivity index (χ1n) is 14.4. The molecule has 9 atom stereocenters. The second-order valence-electron chi connectivity index (χ2n) is 13.2. The predicted octanol–water partition coefficient (Wildman–Crippen LogP) is 6.76. The van der Waals surface area contributed by atoms with Gasteiger partial charge in [-0.1, -0.05) is 32.4 Å². The Hall–Kier alpha value is -1.78. The van der Waals surface area contributed by atoms with Gasteiger partial charge in [-0.3, -0.25) is 9.59 Å². The highest BCUT2D eigenvalue weighted by Gasteiger charge is 2.63. The van der Waals surface area contributed by atoms with Crippen molar-refractivity contribution in [2.24, 2.45) is 40.4 Å². The number of carbonyl (C=O) groups is 2. The molecule has 5 rings (SSSR count). The molecule has 36 heavy (non-hydrogen) atoms. The number of fused-ring (bicyclic) bond motifs is 7. The molecule has 3 saturated carbocycles. The van der Waals surface area contributed by atoms with Crippen LogP contribution in [0.3, 0.4) is 0 Å². The molecule has 0 amide bonds. The van der Waals surface area contributed by atoms with E-state index in [2.05, 4.69) is 33.8 Å². The number of hydrogen-bond donors (Lipinski definition) is 0. The van der Waals surface area contributed by atoms with E-state index in [1.54, 1.807) is 5.57 Å². The molecular formula is C31H46O5. The third-order valence-corrected chi connectivity index (χ3v) is 11.0. The lowest BCUT2D eigenvalue weighted by Crippen LogP contribution is -2.50. The van der Waals surface area contributed by atoms with Gasteiger partial charge in [0.1, 0.15) is 12.2 Å². The van der Waals surface area contributed by atoms with Gasteiger partial charge in [0, 0.05) is 32.6 Å². The van der Waals surface area contributed by atoms with Gasteiger partial charge in [-0.25, -0.2) is 0 Å². The van der Waals surface area contributed by atoms with Crippen molar-refractivity contribution in [3.8, 4) is 0 Å². The Bertz CT molecular complexity index is 964. The second-order valence-corrected chi connectivity index (χ2v) is 13.2. The van der Waals surface area contributed by atoms with E-state index in [4.69, 9.17) is 14.2 Å². The van der Waals surface area contributed by atoms with Crippen molar-refractivity contribution in [3.05, 3.63) is 23.0 Å². The largest absolute Gasteiger partial charge is 0.494 e. The SMILES string of the molecule is CC(=O)OC[C@H](C)CCC1=C(C)[C@@H]2[C@@H](C[C@H]3[C@H]4CC=C5C[C@@H](OC(C)=O)CC[C@]5(C)[C@@H]4CC[C@]23C)O1. The lowest BCUT2D eigenvalue weighted by atomic mass is 9.47. The smallest absolute Gasteiger partial charge is 0.302 e. The maximum atomic E-state index is 11.5. The number of carbonyl (C=O) groups excluding carboxylic acids is 2. The van der Waals surface area contributed by atoms with E-state index in [-0.39, 0.29) is 23.5 Å². The molecule has 0 aromatic heterocycles. The van der Waals surface area contributed by atoms with Gasteiger partial charge < -0.3 is 14.2 Å². The van der Waals surface area contributed by atoms with E-state index in [9.17, 15) is 9.59 Å². The van der Waals surface area contributed by atoms with Crippen LogP contribution in [0.1, 0.15) is 99.3 Å². The van der Waals surface area contributed by atoms with Gasteiger partial charge in [0.2, 0.25) is 0 Å². The van der Waals surface area contributed by atoms with Crippen molar-refractivity contribution >= 4 is 11.9 Å². The third kappa shape index (κ3) is 4.32. The Morgan fingerprint density at radius 3 is 2.64 bits per heavy atom. The lowest BCUT2D eigenvalue weighted by Gasteiger charge is -2.58. The van der Waals surface area contributed by atoms with Crippen molar-refractivity contribution in [2.75, 3.05) is 6.61 Å². The van der Waals surface area contributed by atoms with E-state index in [1.807, 2.05) is 0 Å². The van der Waals surface area contributed by atoms with Gasteiger partial charge in [0.25, 0.3) is 0 Å². The molecule has 0 saturated heterocycles. The molecule has 5 aliphatic rings. The number of rotatable bonds is 6. The molecule has 5 nitrogen and oxygen atoms in total. The van der Waals surface area contributed by atoms with E-state index in [0.29, 0.717) is 35.9 Å². The number of esters is 2. The summed E-state index contributed by atoms with van der Waals surface area (Å²) >= 11 is 0. The summed E-state index contributed by atoms with van der Waals surface area (Å²) in [6, 6.07) is 0. The topological polar surface area (TPSA) is 61.8 Å². The van der Waals surface area contributed by atoms with Crippen LogP contribution in [0.4, 0.5) is 0 Å². The van der Waals surface area contributed by atoms with Crippen LogP contribution in [0.25, 0.3) is 0 Å². The normalized spacial score (nSPS) is 41.8. The van der Waals surface area contributed by atoms with Crippen LogP contribution in [0.15, 0.2) is 23.0 Å². The van der Waals surface area contributed by atoms with Gasteiger partial charge in [-0.05, 0) is 91.9 Å². The van der Waals surface area contributed by atoms with Gasteiger partial charge in [-0.2, -0.15) is 0 Å². The lowest BCUT2D eigenvalue weighted by molar-refractivity contribution is -0.148. The van der Waals surface area contributed by atoms with Crippen molar-refractivity contribution < 1.29 is 23.8 Å². The minimum Gasteiger partial charge on any atom is -0.494 e. The van der Waals surface area contributed by atoms with E-state index < -0.39 is 0 Å². The maximum absolute atomic E-state index is 11.5. The Labute approximate surface area is 217 Å². The van der Waals surface area contributed by atoms with Crippen LogP contribution in [0.2, 0.25) is 0 Å². The molecule has 0 N–H and O–H groups in total. The van der Waals surface area contributed by atoms with Crippen LogP contribution >= 0.6 is 0 Å². The minimum atomic E-state index is -0.200. The fraction of sp³-hybridized carbons (Fsp3) is 0.806. The van der Waals surface area contributed by atoms with Crippen molar-refractivity contribution in [3.63, 3.8) is 0 Å². The molecule has 3 fully saturated rings. The maximum Gasteiger partial charge on any atom is 0.302 e. The average molecular weight is 499 g/mol. The Balaban J connectivity index is 1.29. The number of hydrogen-bond acceptors (Lipinski definition) is 5. The number of allylic oxidation sites excluding steroid dienone is 2. The monoisotopic (exact) mass is 498 g/mol. The molecule has 0 radical (unpaired) electrons. The zero-order valence-electron chi connectivity index (χ0n) is 23.2. The third-order valence-electron chi connectivity index (χ3n) is 11.0. The summed E-state index contributed by atoms with van der Waals surface area (Å²) in [5, 5.41) is 0. The minimum absolute atomic E-state index is 0.0643. The van der Waals surface area contributed by atoms with Crippen molar-refractivity contribution in [2.45, 2.75) is 112 Å². The molecular weight excluding hydrogens is 452 g/mol. The first-order valence-corrected chi connectivity index (χ1v) is 14.4. The molecule has 200 valence electrons. The van der Waals surface area contributed by atoms with Crippen LogP contribution < -0.4 is 0 Å². The van der Waals surface area contributed by atoms with Crippen LogP contribution in [-0.2, 0) is 23.8 Å². The zero-order chi connectivity index (χ0) is 25.8. The van der Waals surface area contributed by atoms with Gasteiger partial charge in [0.05, 0.1) is 12.4 Å². The first-order chi connectivity index (χ1) is 17.0. The summed E-state index contributed by atoms with van der Waals surface area (Å²) in [5.41, 5.74) is 3.62. The standard InChI is InChI=1S/C31H46O5/c1-18(17-34-20(3)32)7-10-27-19(2)29-28(36-27)16-26-24-9-8-22-15-23(35-21(4)33)11-13-30(22,5)25(24)12-14-31(26,29)6/h8,18,23-26,28-29H,7,9-17H2,1-6H3/t18-,23+,24+,25-,26+,28-,29-,30+,31+/m1/s1. The number of ether oxygens (including phenoxy) is 3. The Morgan fingerprint density at radius 2 is 1.92 bits per heavy atom. The summed E-state index contributed by atoms with van der Waals surface area (Å²) in [5.74, 6) is 3.93. The molecule has 1 aliphatic heterocycles. The summed E-state index contributed by atoms with van der Waals surface area (Å²) in [6.45, 7) is 13.1. The molecule has 1 heterocycles. The first kappa shape index (κ1) is 25.9. The van der Waals surface area contributed by atoms with Gasteiger partial charge >= 0.3 is 11.9 Å². The van der Waals surface area contributed by atoms with Gasteiger partial charge in [0.15, 0.2) is 0 Å². The van der Waals surface area contributed by atoms with E-state index in [1.165, 1.54) is 50.9 Å². The molecule has 4 aliphatic carbocycles. The fourth-order valence-corrected chi connectivity index (χ4v) is 9.27. The van der Waals surface area contributed by atoms with Gasteiger partial charge in [-0.15, -0.1) is 0 Å². The zero-order valence-corrected chi connectivity index (χ0v) is 23.2. The molecule has 5 heteroatoms. The predicted molar refractivity (Wildman–Crippen MR) is 139 cm³/mol. The molecule has 0 aromatic rings. The fourth-order valence-electron chi connectivity index (χ4n) is 9.27. The molecule has 0 unspecified atom stereocenters. The summed E-state index contributed by atoms with van der Waals surface area (Å²) in [4.78, 5) is 22.7. The van der Waals surface area contributed by atoms with E-state index >= 15 is 0 Å². The molecule has 0 spiro atoms. The highest BCUT2D eigenvalue weighted by molar-refractivity contribution is 5.66. The van der Waals surface area contributed by atoms with Crippen LogP contribution in [-0.4, -0.2) is 30.8 Å². The average Bonchev–Trinajstić information content (AvgIpc) is 3.29. The Kier molecular flexibility index (Phi) is 6.83. The Morgan fingerprint density at radius 1 is 1.14 bits per heavy atom. The van der Waals surface area contributed by atoms with E-state index in [0.717, 1.165) is 43.9 Å². The molecule has 0 bridgehead atoms. The highest BCUT2D eigenvalue weighted by Crippen LogP contribution is 2.69. The summed E-state index contributed by atoms with van der Waals surface area (Å²) < 4.78 is 17.5. The van der Waals surface area contributed by atoms with Crippen LogP contribution in [0.5, 0.6) is 0 Å².